The Balaban J connectivity index is 1.61. The van der Waals surface area contributed by atoms with E-state index in [0.29, 0.717) is 17.0 Å². The van der Waals surface area contributed by atoms with Crippen molar-refractivity contribution in [1.29, 1.82) is 0 Å². The first-order chi connectivity index (χ1) is 12.0. The Hall–Kier alpha value is -2.40. The molecule has 0 radical (unpaired) electrons. The molecule has 0 bridgehead atoms. The fraction of sp³-hybridized carbons (Fsp3) is 0.263. The molecule has 1 aliphatic rings. The van der Waals surface area contributed by atoms with E-state index in [1.165, 1.54) is 24.3 Å². The van der Waals surface area contributed by atoms with Crippen LogP contribution >= 0.6 is 11.6 Å². The molecule has 2 N–H and O–H groups in total. The molecule has 1 amide bonds. The molecule has 0 unspecified atom stereocenters. The van der Waals surface area contributed by atoms with Crippen LogP contribution in [0.1, 0.15) is 29.4 Å². The number of carbonyl (C=O) groups is 2. The summed E-state index contributed by atoms with van der Waals surface area (Å²) in [6, 6.07) is 12.7. The molecule has 6 heteroatoms. The number of benzene rings is 2. The molecule has 130 valence electrons. The van der Waals surface area contributed by atoms with Crippen LogP contribution in [0.25, 0.3) is 0 Å². The van der Waals surface area contributed by atoms with E-state index < -0.39 is 17.7 Å². The van der Waals surface area contributed by atoms with E-state index in [1.54, 1.807) is 6.07 Å². The number of carbonyl (C=O) groups excluding carboxylic acids is 1. The summed E-state index contributed by atoms with van der Waals surface area (Å²) in [5.41, 5.74) is 1.39. The zero-order valence-corrected chi connectivity index (χ0v) is 14.0. The van der Waals surface area contributed by atoms with Gasteiger partial charge in [0.05, 0.1) is 5.92 Å². The molecule has 25 heavy (non-hydrogen) atoms. The third-order valence-electron chi connectivity index (χ3n) is 4.48. The first-order valence-corrected chi connectivity index (χ1v) is 8.35. The quantitative estimate of drug-likeness (QED) is 0.826. The van der Waals surface area contributed by atoms with Gasteiger partial charge >= 0.3 is 5.97 Å². The molecule has 3 rings (SSSR count). The standard InChI is InChI=1S/C19H17ClFNO3/c20-17-4-2-1-3-13(17)14-9-15(14)18(23)22-10-16(19(24)25)11-5-7-12(21)8-6-11/h1-8,14-16H,9-10H2,(H,22,23)(H,24,25)/t14-,15-,16+/m0/s1. The average molecular weight is 362 g/mol. The van der Waals surface area contributed by atoms with Gasteiger partial charge in [-0.3, -0.25) is 9.59 Å². The van der Waals surface area contributed by atoms with Crippen molar-refractivity contribution in [3.05, 3.63) is 70.5 Å². The van der Waals surface area contributed by atoms with Gasteiger partial charge in [-0.15, -0.1) is 0 Å². The summed E-state index contributed by atoms with van der Waals surface area (Å²) in [7, 11) is 0. The summed E-state index contributed by atoms with van der Waals surface area (Å²) >= 11 is 6.15. The van der Waals surface area contributed by atoms with Crippen molar-refractivity contribution >= 4 is 23.5 Å². The van der Waals surface area contributed by atoms with Gasteiger partial charge < -0.3 is 10.4 Å². The van der Waals surface area contributed by atoms with Crippen molar-refractivity contribution < 1.29 is 19.1 Å². The van der Waals surface area contributed by atoms with Crippen LogP contribution in [0.2, 0.25) is 5.02 Å². The maximum Gasteiger partial charge on any atom is 0.312 e. The number of amides is 1. The summed E-state index contributed by atoms with van der Waals surface area (Å²) < 4.78 is 13.0. The van der Waals surface area contributed by atoms with E-state index in [2.05, 4.69) is 5.32 Å². The first-order valence-electron chi connectivity index (χ1n) is 7.97. The van der Waals surface area contributed by atoms with Gasteiger partial charge in [-0.1, -0.05) is 41.9 Å². The summed E-state index contributed by atoms with van der Waals surface area (Å²) in [4.78, 5) is 23.8. The molecule has 2 aromatic rings. The number of rotatable bonds is 6. The van der Waals surface area contributed by atoms with Crippen molar-refractivity contribution in [2.24, 2.45) is 5.92 Å². The Morgan fingerprint density at radius 1 is 1.20 bits per heavy atom. The number of nitrogens with one attached hydrogen (secondary N) is 1. The Labute approximate surface area is 149 Å². The zero-order chi connectivity index (χ0) is 18.0. The average Bonchev–Trinajstić information content (AvgIpc) is 3.37. The Kier molecular flexibility index (Phi) is 5.04. The van der Waals surface area contributed by atoms with E-state index >= 15 is 0 Å². The first kappa shape index (κ1) is 17.4. The summed E-state index contributed by atoms with van der Waals surface area (Å²) in [5, 5.41) is 12.7. The fourth-order valence-electron chi connectivity index (χ4n) is 2.98. The highest BCUT2D eigenvalue weighted by Crippen LogP contribution is 2.49. The van der Waals surface area contributed by atoms with Gasteiger partial charge in [-0.25, -0.2) is 4.39 Å². The van der Waals surface area contributed by atoms with Gasteiger partial charge in [0.25, 0.3) is 0 Å². The van der Waals surface area contributed by atoms with Crippen molar-refractivity contribution in [3.8, 4) is 0 Å². The van der Waals surface area contributed by atoms with Gasteiger partial charge in [-0.2, -0.15) is 0 Å². The Morgan fingerprint density at radius 2 is 1.88 bits per heavy atom. The van der Waals surface area contributed by atoms with Crippen molar-refractivity contribution in [2.75, 3.05) is 6.54 Å². The Bertz CT molecular complexity index is 794. The van der Waals surface area contributed by atoms with E-state index in [-0.39, 0.29) is 24.3 Å². The van der Waals surface area contributed by atoms with Crippen LogP contribution in [-0.4, -0.2) is 23.5 Å². The molecular weight excluding hydrogens is 345 g/mol. The summed E-state index contributed by atoms with van der Waals surface area (Å²) in [6.07, 6.45) is 0.698. The number of carboxylic acids is 1. The van der Waals surface area contributed by atoms with Crippen LogP contribution < -0.4 is 5.32 Å². The molecular formula is C19H17ClFNO3. The predicted molar refractivity (Wildman–Crippen MR) is 92.1 cm³/mol. The van der Waals surface area contributed by atoms with Gasteiger partial charge in [-0.05, 0) is 41.7 Å². The van der Waals surface area contributed by atoms with Crippen molar-refractivity contribution in [3.63, 3.8) is 0 Å². The van der Waals surface area contributed by atoms with Crippen LogP contribution in [0.3, 0.4) is 0 Å². The molecule has 2 aromatic carbocycles. The van der Waals surface area contributed by atoms with E-state index in [0.717, 1.165) is 5.56 Å². The fourth-order valence-corrected chi connectivity index (χ4v) is 3.26. The Morgan fingerprint density at radius 3 is 2.52 bits per heavy atom. The van der Waals surface area contributed by atoms with Gasteiger partial charge in [0.15, 0.2) is 0 Å². The van der Waals surface area contributed by atoms with Crippen LogP contribution in [0.15, 0.2) is 48.5 Å². The second kappa shape index (κ2) is 7.23. The summed E-state index contributed by atoms with van der Waals surface area (Å²) in [5.74, 6) is -2.71. The van der Waals surface area contributed by atoms with E-state index in [1.807, 2.05) is 18.2 Å². The van der Waals surface area contributed by atoms with E-state index in [4.69, 9.17) is 11.6 Å². The lowest BCUT2D eigenvalue weighted by Gasteiger charge is -2.14. The van der Waals surface area contributed by atoms with Crippen LogP contribution in [0.5, 0.6) is 0 Å². The number of hydrogen-bond acceptors (Lipinski definition) is 2. The lowest BCUT2D eigenvalue weighted by molar-refractivity contribution is -0.138. The van der Waals surface area contributed by atoms with Crippen LogP contribution in [0, 0.1) is 11.7 Å². The normalized spacial score (nSPS) is 19.9. The largest absolute Gasteiger partial charge is 0.481 e. The van der Waals surface area contributed by atoms with Crippen molar-refractivity contribution in [2.45, 2.75) is 18.3 Å². The highest BCUT2D eigenvalue weighted by molar-refractivity contribution is 6.31. The molecule has 0 saturated heterocycles. The predicted octanol–water partition coefficient (Wildman–Crippen LogP) is 3.57. The molecule has 0 heterocycles. The smallest absolute Gasteiger partial charge is 0.312 e. The molecule has 1 saturated carbocycles. The second-order valence-corrected chi connectivity index (χ2v) is 6.56. The highest BCUT2D eigenvalue weighted by Gasteiger charge is 2.44. The van der Waals surface area contributed by atoms with E-state index in [9.17, 15) is 19.1 Å². The maximum absolute atomic E-state index is 13.0. The molecule has 0 aliphatic heterocycles. The number of hydrogen-bond donors (Lipinski definition) is 2. The molecule has 0 spiro atoms. The lowest BCUT2D eigenvalue weighted by Crippen LogP contribution is -2.33. The third kappa shape index (κ3) is 3.99. The minimum atomic E-state index is -1.06. The minimum absolute atomic E-state index is 0.0362. The minimum Gasteiger partial charge on any atom is -0.481 e. The third-order valence-corrected chi connectivity index (χ3v) is 4.83. The lowest BCUT2D eigenvalue weighted by atomic mass is 9.99. The highest BCUT2D eigenvalue weighted by atomic mass is 35.5. The van der Waals surface area contributed by atoms with Crippen LogP contribution in [-0.2, 0) is 9.59 Å². The van der Waals surface area contributed by atoms with Gasteiger partial charge in [0, 0.05) is 17.5 Å². The second-order valence-electron chi connectivity index (χ2n) is 6.16. The monoisotopic (exact) mass is 361 g/mol. The van der Waals surface area contributed by atoms with Gasteiger partial charge in [0.2, 0.25) is 5.91 Å². The summed E-state index contributed by atoms with van der Waals surface area (Å²) in [6.45, 7) is -0.0362. The molecule has 3 atom stereocenters. The SMILES string of the molecule is O=C(NC[C@@H](C(=O)O)c1ccc(F)cc1)[C@H]1C[C@H]1c1ccccc1Cl. The number of carboxylic acid groups (broad SMARTS) is 1. The molecule has 1 aliphatic carbocycles. The molecule has 0 aromatic heterocycles. The number of halogens is 2. The molecule has 4 nitrogen and oxygen atoms in total. The maximum atomic E-state index is 13.0. The molecule has 1 fully saturated rings. The van der Waals surface area contributed by atoms with Crippen molar-refractivity contribution in [1.82, 2.24) is 5.32 Å². The number of aliphatic carboxylic acids is 1. The zero-order valence-electron chi connectivity index (χ0n) is 13.3. The topological polar surface area (TPSA) is 66.4 Å². The van der Waals surface area contributed by atoms with Gasteiger partial charge in [0.1, 0.15) is 5.82 Å². The van der Waals surface area contributed by atoms with Crippen LogP contribution in [0.4, 0.5) is 4.39 Å².